The number of aryl methyl sites for hydroxylation is 2. The Balaban J connectivity index is 1.98. The first kappa shape index (κ1) is 17.9. The van der Waals surface area contributed by atoms with E-state index < -0.39 is 4.92 Å². The lowest BCUT2D eigenvalue weighted by molar-refractivity contribution is -0.386. The van der Waals surface area contributed by atoms with Crippen LogP contribution in [0.5, 0.6) is 5.75 Å². The fourth-order valence-electron chi connectivity index (χ4n) is 2.84. The van der Waals surface area contributed by atoms with Gasteiger partial charge in [-0.15, -0.1) is 0 Å². The molecule has 0 aliphatic carbocycles. The number of nitriles is 1. The fraction of sp³-hybridized carbons (Fsp3) is 0.158. The van der Waals surface area contributed by atoms with Gasteiger partial charge in [-0.1, -0.05) is 24.3 Å². The number of para-hydroxylation sites is 1. The number of nitro benzene ring substituents is 1. The van der Waals surface area contributed by atoms with Crippen molar-refractivity contribution in [1.29, 1.82) is 5.26 Å². The smallest absolute Gasteiger partial charge is 0.311 e. The minimum Gasteiger partial charge on any atom is -0.502 e. The molecule has 0 amide bonds. The minimum absolute atomic E-state index is 0.231. The van der Waals surface area contributed by atoms with Gasteiger partial charge in [-0.05, 0) is 37.1 Å². The molecule has 0 saturated carbocycles. The summed E-state index contributed by atoms with van der Waals surface area (Å²) in [7, 11) is 0. The molecule has 8 nitrogen and oxygen atoms in total. The molecule has 2 aromatic carbocycles. The van der Waals surface area contributed by atoms with Crippen LogP contribution in [0.1, 0.15) is 22.4 Å². The van der Waals surface area contributed by atoms with E-state index in [1.165, 1.54) is 6.07 Å². The van der Waals surface area contributed by atoms with E-state index in [2.05, 4.69) is 16.5 Å². The van der Waals surface area contributed by atoms with Crippen LogP contribution in [0.3, 0.4) is 0 Å². The van der Waals surface area contributed by atoms with Crippen molar-refractivity contribution in [2.75, 3.05) is 5.32 Å². The van der Waals surface area contributed by atoms with Gasteiger partial charge in [0.05, 0.1) is 16.3 Å². The van der Waals surface area contributed by atoms with E-state index in [0.29, 0.717) is 28.2 Å². The van der Waals surface area contributed by atoms with Gasteiger partial charge in [0.25, 0.3) is 0 Å². The fourth-order valence-corrected chi connectivity index (χ4v) is 2.84. The van der Waals surface area contributed by atoms with Gasteiger partial charge < -0.3 is 10.4 Å². The summed E-state index contributed by atoms with van der Waals surface area (Å²) in [4.78, 5) is 10.5. The third kappa shape index (κ3) is 3.43. The number of aromatic nitrogens is 2. The Morgan fingerprint density at radius 3 is 2.63 bits per heavy atom. The maximum Gasteiger partial charge on any atom is 0.311 e. The van der Waals surface area contributed by atoms with Crippen molar-refractivity contribution in [2.45, 2.75) is 20.4 Å². The van der Waals surface area contributed by atoms with Gasteiger partial charge in [-0.2, -0.15) is 10.4 Å². The third-order valence-corrected chi connectivity index (χ3v) is 4.17. The van der Waals surface area contributed by atoms with E-state index in [1.807, 2.05) is 30.3 Å². The summed E-state index contributed by atoms with van der Waals surface area (Å²) < 4.78 is 1.63. The molecule has 0 aliphatic rings. The van der Waals surface area contributed by atoms with Gasteiger partial charge in [0.2, 0.25) is 0 Å². The zero-order valence-corrected chi connectivity index (χ0v) is 14.8. The molecule has 136 valence electrons. The first-order chi connectivity index (χ1) is 12.9. The Labute approximate surface area is 155 Å². The van der Waals surface area contributed by atoms with Crippen LogP contribution in [0.2, 0.25) is 0 Å². The highest BCUT2D eigenvalue weighted by atomic mass is 16.6. The normalized spacial score (nSPS) is 10.4. The monoisotopic (exact) mass is 363 g/mol. The summed E-state index contributed by atoms with van der Waals surface area (Å²) in [6, 6.07) is 14.5. The minimum atomic E-state index is -0.620. The number of nitro groups is 1. The van der Waals surface area contributed by atoms with E-state index in [9.17, 15) is 20.5 Å². The number of nitrogens with zero attached hydrogens (tertiary/aromatic N) is 4. The van der Waals surface area contributed by atoms with Crippen LogP contribution in [0.15, 0.2) is 42.5 Å². The number of aromatic hydroxyl groups is 1. The number of anilines is 1. The lowest BCUT2D eigenvalue weighted by atomic mass is 10.1. The Kier molecular flexibility index (Phi) is 4.77. The molecule has 8 heteroatoms. The molecule has 0 unspecified atom stereocenters. The topological polar surface area (TPSA) is 117 Å². The second-order valence-electron chi connectivity index (χ2n) is 6.06. The number of hydrogen-bond acceptors (Lipinski definition) is 6. The van der Waals surface area contributed by atoms with Crippen molar-refractivity contribution < 1.29 is 10.0 Å². The van der Waals surface area contributed by atoms with Crippen molar-refractivity contribution in [3.63, 3.8) is 0 Å². The summed E-state index contributed by atoms with van der Waals surface area (Å²) in [5.41, 5.74) is 2.45. The van der Waals surface area contributed by atoms with E-state index in [0.717, 1.165) is 5.69 Å². The first-order valence-corrected chi connectivity index (χ1v) is 8.18. The summed E-state index contributed by atoms with van der Waals surface area (Å²) in [5, 5.41) is 38.0. The summed E-state index contributed by atoms with van der Waals surface area (Å²) in [6.45, 7) is 3.58. The lowest BCUT2D eigenvalue weighted by Crippen LogP contribution is -2.08. The highest BCUT2D eigenvalue weighted by Gasteiger charge is 2.19. The van der Waals surface area contributed by atoms with Crippen LogP contribution in [0.25, 0.3) is 5.69 Å². The second kappa shape index (κ2) is 7.17. The maximum absolute atomic E-state index is 11.1. The third-order valence-electron chi connectivity index (χ3n) is 4.17. The second-order valence-corrected chi connectivity index (χ2v) is 6.06. The average molecular weight is 363 g/mol. The molecule has 0 fully saturated rings. The predicted molar refractivity (Wildman–Crippen MR) is 99.8 cm³/mol. The molecular weight excluding hydrogens is 346 g/mol. The van der Waals surface area contributed by atoms with E-state index in [4.69, 9.17) is 0 Å². The summed E-state index contributed by atoms with van der Waals surface area (Å²) >= 11 is 0. The molecular formula is C19H17N5O3. The number of phenolic OH excluding ortho intramolecular Hbond substituents is 1. The summed E-state index contributed by atoms with van der Waals surface area (Å²) in [6.07, 6.45) is 0. The number of benzene rings is 2. The van der Waals surface area contributed by atoms with Crippen molar-refractivity contribution in [2.24, 2.45) is 0 Å². The van der Waals surface area contributed by atoms with Crippen LogP contribution in [-0.4, -0.2) is 19.8 Å². The van der Waals surface area contributed by atoms with E-state index in [-0.39, 0.29) is 18.0 Å². The molecule has 0 bridgehead atoms. The van der Waals surface area contributed by atoms with Crippen LogP contribution < -0.4 is 5.32 Å². The van der Waals surface area contributed by atoms with E-state index in [1.54, 1.807) is 24.6 Å². The van der Waals surface area contributed by atoms with Gasteiger partial charge >= 0.3 is 5.69 Å². The Bertz CT molecular complexity index is 1050. The van der Waals surface area contributed by atoms with Gasteiger partial charge in [-0.25, -0.2) is 4.68 Å². The zero-order chi connectivity index (χ0) is 19.6. The largest absolute Gasteiger partial charge is 0.502 e. The molecule has 3 aromatic rings. The van der Waals surface area contributed by atoms with Crippen molar-refractivity contribution in [3.8, 4) is 17.5 Å². The standard InChI is InChI=1S/C19H17N5O3/c1-12-8-14(9-17(18(12)25)24(26)27)11-21-19-16(10-20)13(2)22-23(19)15-6-4-3-5-7-15/h3-9,21,25H,11H2,1-2H3. The summed E-state index contributed by atoms with van der Waals surface area (Å²) in [5.74, 6) is 0.168. The molecule has 0 spiro atoms. The lowest BCUT2D eigenvalue weighted by Gasteiger charge is -2.11. The molecule has 3 rings (SSSR count). The van der Waals surface area contributed by atoms with E-state index >= 15 is 0 Å². The number of hydrogen-bond donors (Lipinski definition) is 2. The van der Waals surface area contributed by atoms with Crippen molar-refractivity contribution in [1.82, 2.24) is 9.78 Å². The number of rotatable bonds is 5. The molecule has 1 aromatic heterocycles. The van der Waals surface area contributed by atoms with Gasteiger partial charge in [0, 0.05) is 12.6 Å². The molecule has 2 N–H and O–H groups in total. The van der Waals surface area contributed by atoms with Gasteiger partial charge in [-0.3, -0.25) is 10.1 Å². The van der Waals surface area contributed by atoms with Crippen molar-refractivity contribution in [3.05, 3.63) is 75.0 Å². The predicted octanol–water partition coefficient (Wildman–Crippen LogP) is 3.59. The highest BCUT2D eigenvalue weighted by Crippen LogP contribution is 2.31. The maximum atomic E-state index is 11.1. The Morgan fingerprint density at radius 1 is 1.30 bits per heavy atom. The zero-order valence-electron chi connectivity index (χ0n) is 14.8. The SMILES string of the molecule is Cc1cc(CNc2c(C#N)c(C)nn2-c2ccccc2)cc([N+](=O)[O-])c1O. The highest BCUT2D eigenvalue weighted by molar-refractivity contribution is 5.60. The average Bonchev–Trinajstić information content (AvgIpc) is 2.98. The quantitative estimate of drug-likeness (QED) is 0.528. The number of phenols is 1. The molecule has 27 heavy (non-hydrogen) atoms. The van der Waals surface area contributed by atoms with Crippen LogP contribution >= 0.6 is 0 Å². The molecule has 0 atom stereocenters. The van der Waals surface area contributed by atoms with Crippen LogP contribution in [0, 0.1) is 35.3 Å². The first-order valence-electron chi connectivity index (χ1n) is 8.18. The van der Waals surface area contributed by atoms with Gasteiger partial charge in [0.1, 0.15) is 17.5 Å². The molecule has 0 saturated heterocycles. The molecule has 0 radical (unpaired) electrons. The Hall–Kier alpha value is -3.86. The van der Waals surface area contributed by atoms with Crippen LogP contribution in [-0.2, 0) is 6.54 Å². The molecule has 1 heterocycles. The van der Waals surface area contributed by atoms with Crippen molar-refractivity contribution >= 4 is 11.5 Å². The Morgan fingerprint density at radius 2 is 2.00 bits per heavy atom. The van der Waals surface area contributed by atoms with Gasteiger partial charge in [0.15, 0.2) is 5.75 Å². The number of nitrogens with one attached hydrogen (secondary N) is 1. The van der Waals surface area contributed by atoms with Crippen LogP contribution in [0.4, 0.5) is 11.5 Å². The molecule has 0 aliphatic heterocycles.